The second-order valence-corrected chi connectivity index (χ2v) is 3.20. The van der Waals surface area contributed by atoms with Crippen LogP contribution in [0.15, 0.2) is 0 Å². The Balaban J connectivity index is 2.09. The second kappa shape index (κ2) is 4.34. The lowest BCUT2D eigenvalue weighted by Gasteiger charge is -2.22. The van der Waals surface area contributed by atoms with Gasteiger partial charge in [0.2, 0.25) is 0 Å². The van der Waals surface area contributed by atoms with Crippen molar-refractivity contribution in [2.45, 2.75) is 25.7 Å². The maximum absolute atomic E-state index is 10.2. The van der Waals surface area contributed by atoms with Crippen molar-refractivity contribution in [2.24, 2.45) is 0 Å². The number of likely N-dealkylation sites (tertiary alicyclic amines) is 1. The van der Waals surface area contributed by atoms with Gasteiger partial charge < -0.3 is 10.0 Å². The highest BCUT2D eigenvalue weighted by molar-refractivity contribution is 5.66. The van der Waals surface area contributed by atoms with Crippen LogP contribution < -0.4 is 4.90 Å². The molecule has 0 aromatic heterocycles. The van der Waals surface area contributed by atoms with Gasteiger partial charge in [-0.05, 0) is 19.3 Å². The molecular formula is C8H16NO2+. The number of carboxylic acid groups (broad SMARTS) is 1. The number of quaternary nitrogens is 1. The quantitative estimate of drug-likeness (QED) is 0.583. The molecule has 1 rings (SSSR count). The molecule has 1 heterocycles. The smallest absolute Gasteiger partial charge is 0.309 e. The summed E-state index contributed by atoms with van der Waals surface area (Å²) in [6.07, 6.45) is 4.20. The Bertz CT molecular complexity index is 130. The Morgan fingerprint density at radius 3 is 2.45 bits per heavy atom. The van der Waals surface area contributed by atoms with E-state index in [1.54, 1.807) is 0 Å². The molecule has 1 aliphatic heterocycles. The van der Waals surface area contributed by atoms with Crippen molar-refractivity contribution in [3.05, 3.63) is 0 Å². The van der Waals surface area contributed by atoms with Gasteiger partial charge in [0.05, 0.1) is 26.1 Å². The fourth-order valence-electron chi connectivity index (χ4n) is 1.59. The fraction of sp³-hybridized carbons (Fsp3) is 0.875. The summed E-state index contributed by atoms with van der Waals surface area (Å²) < 4.78 is 0. The van der Waals surface area contributed by atoms with E-state index < -0.39 is 5.97 Å². The number of nitrogens with one attached hydrogen (secondary N) is 1. The third-order valence-electron chi connectivity index (χ3n) is 2.25. The minimum Gasteiger partial charge on any atom is -0.481 e. The second-order valence-electron chi connectivity index (χ2n) is 3.20. The lowest BCUT2D eigenvalue weighted by Crippen LogP contribution is -3.12. The van der Waals surface area contributed by atoms with Gasteiger partial charge in [-0.1, -0.05) is 0 Å². The first-order valence-electron chi connectivity index (χ1n) is 4.34. The molecule has 0 amide bonds. The van der Waals surface area contributed by atoms with Crippen LogP contribution in [0.4, 0.5) is 0 Å². The summed E-state index contributed by atoms with van der Waals surface area (Å²) in [4.78, 5) is 11.7. The van der Waals surface area contributed by atoms with Crippen LogP contribution in [0.25, 0.3) is 0 Å². The van der Waals surface area contributed by atoms with Crippen molar-refractivity contribution in [3.8, 4) is 0 Å². The number of hydrogen-bond acceptors (Lipinski definition) is 1. The highest BCUT2D eigenvalue weighted by Gasteiger charge is 2.13. The first kappa shape index (κ1) is 8.53. The summed E-state index contributed by atoms with van der Waals surface area (Å²) in [5.74, 6) is -0.664. The zero-order valence-corrected chi connectivity index (χ0v) is 6.81. The first-order valence-corrected chi connectivity index (χ1v) is 4.34. The Hall–Kier alpha value is -0.570. The van der Waals surface area contributed by atoms with Crippen molar-refractivity contribution < 1.29 is 14.8 Å². The molecule has 1 saturated heterocycles. The first-order chi connectivity index (χ1) is 5.29. The van der Waals surface area contributed by atoms with E-state index in [1.165, 1.54) is 37.3 Å². The predicted molar refractivity (Wildman–Crippen MR) is 41.7 cm³/mol. The average Bonchev–Trinajstić information content (AvgIpc) is 2.03. The molecule has 0 saturated carbocycles. The van der Waals surface area contributed by atoms with E-state index in [0.29, 0.717) is 6.42 Å². The molecular weight excluding hydrogens is 142 g/mol. The van der Waals surface area contributed by atoms with Crippen LogP contribution in [0.1, 0.15) is 25.7 Å². The van der Waals surface area contributed by atoms with Gasteiger partial charge in [0.25, 0.3) is 0 Å². The van der Waals surface area contributed by atoms with Crippen LogP contribution in [0.2, 0.25) is 0 Å². The highest BCUT2D eigenvalue weighted by Crippen LogP contribution is 1.94. The number of carbonyl (C=O) groups is 1. The van der Waals surface area contributed by atoms with Crippen LogP contribution in [0.5, 0.6) is 0 Å². The number of hydrogen-bond donors (Lipinski definition) is 2. The van der Waals surface area contributed by atoms with Gasteiger partial charge >= 0.3 is 5.97 Å². The number of aliphatic carboxylic acids is 1. The van der Waals surface area contributed by atoms with Crippen molar-refractivity contribution in [1.29, 1.82) is 0 Å². The molecule has 0 unspecified atom stereocenters. The summed E-state index contributed by atoms with van der Waals surface area (Å²) in [6.45, 7) is 3.16. The van der Waals surface area contributed by atoms with E-state index in [-0.39, 0.29) is 0 Å². The van der Waals surface area contributed by atoms with Crippen molar-refractivity contribution >= 4 is 5.97 Å². The van der Waals surface area contributed by atoms with Gasteiger partial charge in [-0.25, -0.2) is 0 Å². The minimum absolute atomic E-state index is 0.329. The van der Waals surface area contributed by atoms with Gasteiger partial charge in [-0.3, -0.25) is 4.79 Å². The monoisotopic (exact) mass is 158 g/mol. The van der Waals surface area contributed by atoms with Crippen LogP contribution in [0.3, 0.4) is 0 Å². The molecule has 0 atom stereocenters. The molecule has 64 valence electrons. The molecule has 0 aliphatic carbocycles. The summed E-state index contributed by atoms with van der Waals surface area (Å²) in [5.41, 5.74) is 0. The van der Waals surface area contributed by atoms with Crippen LogP contribution in [-0.4, -0.2) is 30.7 Å². The summed E-state index contributed by atoms with van der Waals surface area (Å²) >= 11 is 0. The number of rotatable bonds is 3. The molecule has 0 radical (unpaired) electrons. The van der Waals surface area contributed by atoms with Crippen molar-refractivity contribution in [1.82, 2.24) is 0 Å². The van der Waals surface area contributed by atoms with E-state index in [9.17, 15) is 4.79 Å². The molecule has 0 aromatic rings. The lowest BCUT2D eigenvalue weighted by molar-refractivity contribution is -0.904. The molecule has 0 spiro atoms. The molecule has 11 heavy (non-hydrogen) atoms. The maximum atomic E-state index is 10.2. The van der Waals surface area contributed by atoms with E-state index in [0.717, 1.165) is 6.54 Å². The standard InChI is InChI=1S/C8H15NO2/c10-8(11)4-7-9-5-2-1-3-6-9/h1-7H2,(H,10,11)/p+1. The Morgan fingerprint density at radius 1 is 1.27 bits per heavy atom. The normalized spacial score (nSPS) is 20.0. The maximum Gasteiger partial charge on any atom is 0.309 e. The van der Waals surface area contributed by atoms with Gasteiger partial charge in [0, 0.05) is 0 Å². The minimum atomic E-state index is -0.664. The molecule has 2 N–H and O–H groups in total. The third-order valence-corrected chi connectivity index (χ3v) is 2.25. The summed E-state index contributed by atoms with van der Waals surface area (Å²) in [5, 5.41) is 8.43. The van der Waals surface area contributed by atoms with Crippen LogP contribution in [-0.2, 0) is 4.79 Å². The lowest BCUT2D eigenvalue weighted by atomic mass is 10.1. The average molecular weight is 158 g/mol. The molecule has 3 nitrogen and oxygen atoms in total. The molecule has 1 fully saturated rings. The summed E-state index contributed by atoms with van der Waals surface area (Å²) in [6, 6.07) is 0. The van der Waals surface area contributed by atoms with Crippen molar-refractivity contribution in [2.75, 3.05) is 19.6 Å². The fourth-order valence-corrected chi connectivity index (χ4v) is 1.59. The predicted octanol–water partition coefficient (Wildman–Crippen LogP) is -0.470. The van der Waals surface area contributed by atoms with Gasteiger partial charge in [0.15, 0.2) is 0 Å². The number of piperidine rings is 1. The highest BCUT2D eigenvalue weighted by atomic mass is 16.4. The molecule has 3 heteroatoms. The van der Waals surface area contributed by atoms with Crippen LogP contribution >= 0.6 is 0 Å². The zero-order valence-electron chi connectivity index (χ0n) is 6.81. The van der Waals surface area contributed by atoms with E-state index in [2.05, 4.69) is 0 Å². The van der Waals surface area contributed by atoms with E-state index >= 15 is 0 Å². The van der Waals surface area contributed by atoms with Gasteiger partial charge in [-0.15, -0.1) is 0 Å². The van der Waals surface area contributed by atoms with Crippen molar-refractivity contribution in [3.63, 3.8) is 0 Å². The third kappa shape index (κ3) is 3.37. The van der Waals surface area contributed by atoms with Gasteiger partial charge in [0.1, 0.15) is 0 Å². The number of carboxylic acids is 1. The van der Waals surface area contributed by atoms with E-state index in [1.807, 2.05) is 0 Å². The Morgan fingerprint density at radius 2 is 1.91 bits per heavy atom. The topological polar surface area (TPSA) is 41.7 Å². The van der Waals surface area contributed by atoms with E-state index in [4.69, 9.17) is 5.11 Å². The Labute approximate surface area is 67.0 Å². The summed E-state index contributed by atoms with van der Waals surface area (Å²) in [7, 11) is 0. The molecule has 0 aromatic carbocycles. The molecule has 1 aliphatic rings. The SMILES string of the molecule is O=C(O)CC[NH+]1CCCCC1. The van der Waals surface area contributed by atoms with Crippen LogP contribution in [0, 0.1) is 0 Å². The molecule has 0 bridgehead atoms. The van der Waals surface area contributed by atoms with Gasteiger partial charge in [-0.2, -0.15) is 0 Å². The Kier molecular flexibility index (Phi) is 3.36. The zero-order chi connectivity index (χ0) is 8.10. The largest absolute Gasteiger partial charge is 0.481 e.